The number of nitrogens with zero attached hydrogens (tertiary/aromatic N) is 2. The summed E-state index contributed by atoms with van der Waals surface area (Å²) in [5.41, 5.74) is 5.62. The summed E-state index contributed by atoms with van der Waals surface area (Å²) < 4.78 is 6.30. The average molecular weight is 427 g/mol. The van der Waals surface area contributed by atoms with Crippen molar-refractivity contribution in [3.05, 3.63) is 95.6 Å². The van der Waals surface area contributed by atoms with Crippen molar-refractivity contribution in [1.82, 2.24) is 4.90 Å². The Morgan fingerprint density at radius 3 is 2.38 bits per heavy atom. The van der Waals surface area contributed by atoms with E-state index in [1.54, 1.807) is 0 Å². The third-order valence-corrected chi connectivity index (χ3v) is 7.08. The van der Waals surface area contributed by atoms with Crippen molar-refractivity contribution in [1.29, 1.82) is 0 Å². The van der Waals surface area contributed by atoms with Gasteiger partial charge in [0, 0.05) is 12.2 Å². The molecule has 32 heavy (non-hydrogen) atoms. The molecule has 0 aliphatic carbocycles. The first-order valence-electron chi connectivity index (χ1n) is 12.1. The number of likely N-dealkylation sites (tertiary alicyclic amines) is 1. The fourth-order valence-corrected chi connectivity index (χ4v) is 5.30. The summed E-state index contributed by atoms with van der Waals surface area (Å²) in [6.45, 7) is 6.23. The minimum atomic E-state index is 0.372. The number of para-hydroxylation sites is 2. The zero-order chi connectivity index (χ0) is 21.8. The van der Waals surface area contributed by atoms with Crippen LogP contribution in [0.1, 0.15) is 42.0 Å². The first-order valence-corrected chi connectivity index (χ1v) is 12.1. The largest absolute Gasteiger partial charge is 0.492 e. The predicted molar refractivity (Wildman–Crippen MR) is 133 cm³/mol. The van der Waals surface area contributed by atoms with Crippen LogP contribution in [0, 0.1) is 6.92 Å². The molecule has 1 fully saturated rings. The maximum Gasteiger partial charge on any atom is 0.119 e. The molecule has 2 unspecified atom stereocenters. The van der Waals surface area contributed by atoms with Gasteiger partial charge in [-0.05, 0) is 75.0 Å². The van der Waals surface area contributed by atoms with Crippen molar-refractivity contribution in [2.75, 3.05) is 31.1 Å². The van der Waals surface area contributed by atoms with Crippen LogP contribution in [0.3, 0.4) is 0 Å². The minimum Gasteiger partial charge on any atom is -0.492 e. The molecule has 3 heteroatoms. The highest BCUT2D eigenvalue weighted by molar-refractivity contribution is 5.58. The van der Waals surface area contributed by atoms with Gasteiger partial charge in [0.2, 0.25) is 0 Å². The van der Waals surface area contributed by atoms with Gasteiger partial charge in [-0.2, -0.15) is 0 Å². The third kappa shape index (κ3) is 4.68. The van der Waals surface area contributed by atoms with Gasteiger partial charge in [0.05, 0.1) is 12.1 Å². The van der Waals surface area contributed by atoms with Crippen LogP contribution in [-0.4, -0.2) is 37.2 Å². The number of fused-ring (bicyclic) bond motifs is 1. The molecule has 0 bridgehead atoms. The van der Waals surface area contributed by atoms with Crippen LogP contribution in [-0.2, 0) is 6.42 Å². The number of rotatable bonds is 7. The topological polar surface area (TPSA) is 15.7 Å². The lowest BCUT2D eigenvalue weighted by molar-refractivity contribution is 0.160. The first-order chi connectivity index (χ1) is 15.8. The molecule has 0 aromatic heterocycles. The highest BCUT2D eigenvalue weighted by Gasteiger charge is 2.32. The van der Waals surface area contributed by atoms with E-state index in [1.165, 1.54) is 48.3 Å². The van der Waals surface area contributed by atoms with Crippen molar-refractivity contribution >= 4 is 5.69 Å². The quantitative estimate of drug-likeness (QED) is 0.459. The van der Waals surface area contributed by atoms with Crippen LogP contribution in [0.2, 0.25) is 0 Å². The molecule has 0 spiro atoms. The maximum atomic E-state index is 6.30. The standard InChI is InChI=1S/C29H34N2O/c1-23-13-15-25(16-14-23)29-18-17-24-9-5-6-12-28(24)31(29)21-26(30-19-7-8-20-30)22-32-27-10-3-2-4-11-27/h2-6,9-16,26,29H,7-8,17-22H2,1H3. The Balaban J connectivity index is 1.43. The molecule has 0 saturated carbocycles. The molecule has 0 radical (unpaired) electrons. The number of hydrogen-bond donors (Lipinski definition) is 0. The fraction of sp³-hybridized carbons (Fsp3) is 0.379. The molecular formula is C29H34N2O. The first kappa shape index (κ1) is 21.1. The Hall–Kier alpha value is -2.78. The highest BCUT2D eigenvalue weighted by atomic mass is 16.5. The molecule has 1 saturated heterocycles. The van der Waals surface area contributed by atoms with E-state index in [2.05, 4.69) is 89.5 Å². The van der Waals surface area contributed by atoms with E-state index in [9.17, 15) is 0 Å². The summed E-state index contributed by atoms with van der Waals surface area (Å²) in [6, 6.07) is 29.2. The molecule has 2 aliphatic rings. The summed E-state index contributed by atoms with van der Waals surface area (Å²) in [5, 5.41) is 0. The molecule has 2 atom stereocenters. The smallest absolute Gasteiger partial charge is 0.119 e. The molecule has 0 N–H and O–H groups in total. The molecule has 2 aliphatic heterocycles. The monoisotopic (exact) mass is 426 g/mol. The van der Waals surface area contributed by atoms with Crippen LogP contribution in [0.15, 0.2) is 78.9 Å². The molecule has 166 valence electrons. The summed E-state index contributed by atoms with van der Waals surface area (Å²) in [6.07, 6.45) is 4.88. The van der Waals surface area contributed by atoms with Crippen LogP contribution >= 0.6 is 0 Å². The zero-order valence-electron chi connectivity index (χ0n) is 19.1. The summed E-state index contributed by atoms with van der Waals surface area (Å²) in [7, 11) is 0. The number of aryl methyl sites for hydroxylation is 2. The Morgan fingerprint density at radius 1 is 0.875 bits per heavy atom. The Bertz CT molecular complexity index is 995. The predicted octanol–water partition coefficient (Wildman–Crippen LogP) is 6.03. The van der Waals surface area contributed by atoms with Crippen molar-refractivity contribution in [2.45, 2.75) is 44.7 Å². The molecule has 0 amide bonds. The van der Waals surface area contributed by atoms with Crippen LogP contribution in [0.4, 0.5) is 5.69 Å². The molecule has 5 rings (SSSR count). The van der Waals surface area contributed by atoms with E-state index in [-0.39, 0.29) is 0 Å². The van der Waals surface area contributed by atoms with E-state index in [0.717, 1.165) is 31.7 Å². The second kappa shape index (κ2) is 9.79. The molecule has 3 aromatic rings. The molecular weight excluding hydrogens is 392 g/mol. The van der Waals surface area contributed by atoms with Crippen LogP contribution in [0.25, 0.3) is 0 Å². The van der Waals surface area contributed by atoms with E-state index in [4.69, 9.17) is 4.74 Å². The van der Waals surface area contributed by atoms with Crippen molar-refractivity contribution in [3.8, 4) is 5.75 Å². The molecule has 3 aromatic carbocycles. The minimum absolute atomic E-state index is 0.372. The second-order valence-corrected chi connectivity index (χ2v) is 9.27. The van der Waals surface area contributed by atoms with Gasteiger partial charge in [0.1, 0.15) is 12.4 Å². The van der Waals surface area contributed by atoms with Gasteiger partial charge in [-0.25, -0.2) is 0 Å². The Morgan fingerprint density at radius 2 is 1.59 bits per heavy atom. The molecule has 2 heterocycles. The number of benzene rings is 3. The number of hydrogen-bond acceptors (Lipinski definition) is 3. The fourth-order valence-electron chi connectivity index (χ4n) is 5.30. The third-order valence-electron chi connectivity index (χ3n) is 7.08. The van der Waals surface area contributed by atoms with Gasteiger partial charge in [-0.15, -0.1) is 0 Å². The van der Waals surface area contributed by atoms with Gasteiger partial charge in [0.25, 0.3) is 0 Å². The van der Waals surface area contributed by atoms with E-state index in [0.29, 0.717) is 12.1 Å². The van der Waals surface area contributed by atoms with Crippen molar-refractivity contribution in [3.63, 3.8) is 0 Å². The van der Waals surface area contributed by atoms with E-state index < -0.39 is 0 Å². The van der Waals surface area contributed by atoms with Gasteiger partial charge in [-0.1, -0.05) is 66.2 Å². The van der Waals surface area contributed by atoms with E-state index >= 15 is 0 Å². The normalized spacial score (nSPS) is 19.5. The average Bonchev–Trinajstić information content (AvgIpc) is 3.38. The SMILES string of the molecule is Cc1ccc(C2CCc3ccccc3N2CC(COc2ccccc2)N2CCCC2)cc1. The lowest BCUT2D eigenvalue weighted by atomic mass is 9.90. The summed E-state index contributed by atoms with van der Waals surface area (Å²) >= 11 is 0. The van der Waals surface area contributed by atoms with E-state index in [1.807, 2.05) is 6.07 Å². The van der Waals surface area contributed by atoms with Gasteiger partial charge < -0.3 is 9.64 Å². The van der Waals surface area contributed by atoms with Crippen molar-refractivity contribution < 1.29 is 4.74 Å². The lowest BCUT2D eigenvalue weighted by Crippen LogP contribution is -2.48. The molecule has 3 nitrogen and oxygen atoms in total. The van der Waals surface area contributed by atoms with Crippen LogP contribution < -0.4 is 9.64 Å². The highest BCUT2D eigenvalue weighted by Crippen LogP contribution is 2.39. The Labute approximate surface area is 192 Å². The summed E-state index contributed by atoms with van der Waals surface area (Å²) in [5.74, 6) is 0.964. The number of anilines is 1. The Kier molecular flexibility index (Phi) is 6.45. The second-order valence-electron chi connectivity index (χ2n) is 9.27. The maximum absolute atomic E-state index is 6.30. The van der Waals surface area contributed by atoms with Crippen LogP contribution in [0.5, 0.6) is 5.75 Å². The van der Waals surface area contributed by atoms with Gasteiger partial charge in [-0.3, -0.25) is 4.90 Å². The van der Waals surface area contributed by atoms with Gasteiger partial charge in [0.15, 0.2) is 0 Å². The van der Waals surface area contributed by atoms with Gasteiger partial charge >= 0.3 is 0 Å². The van der Waals surface area contributed by atoms with Crippen molar-refractivity contribution in [2.24, 2.45) is 0 Å². The lowest BCUT2D eigenvalue weighted by Gasteiger charge is -2.43. The zero-order valence-corrected chi connectivity index (χ0v) is 19.1. The number of ether oxygens (including phenoxy) is 1. The summed E-state index contributed by atoms with van der Waals surface area (Å²) in [4.78, 5) is 5.31.